The van der Waals surface area contributed by atoms with Crippen LogP contribution in [0.5, 0.6) is 0 Å². The monoisotopic (exact) mass is 333 g/mol. The van der Waals surface area contributed by atoms with Gasteiger partial charge in [-0.05, 0) is 25.0 Å². The Hall–Kier alpha value is -1.57. The van der Waals surface area contributed by atoms with Crippen LogP contribution in [0.3, 0.4) is 0 Å². The number of hydrogen-bond donors (Lipinski definition) is 1. The Morgan fingerprint density at radius 1 is 1.48 bits per heavy atom. The van der Waals surface area contributed by atoms with Crippen molar-refractivity contribution in [2.45, 2.75) is 32.4 Å². The first-order chi connectivity index (χ1) is 11.3. The first-order valence-electron chi connectivity index (χ1n) is 8.12. The van der Waals surface area contributed by atoms with Gasteiger partial charge in [-0.25, -0.2) is 4.98 Å². The van der Waals surface area contributed by atoms with Crippen LogP contribution in [0.15, 0.2) is 23.7 Å². The number of thiazole rings is 1. The van der Waals surface area contributed by atoms with E-state index in [1.807, 2.05) is 12.1 Å². The second-order valence-corrected chi connectivity index (χ2v) is 6.64. The summed E-state index contributed by atoms with van der Waals surface area (Å²) in [5.74, 6) is 0.789. The topological polar surface area (TPSA) is 63.2 Å². The minimum Gasteiger partial charge on any atom is -0.374 e. The van der Waals surface area contributed by atoms with Crippen LogP contribution in [0, 0.1) is 0 Å². The highest BCUT2D eigenvalue weighted by Gasteiger charge is 2.21. The minimum atomic E-state index is 0.166. The summed E-state index contributed by atoms with van der Waals surface area (Å²) in [4.78, 5) is 7.13. The van der Waals surface area contributed by atoms with Crippen molar-refractivity contribution in [2.75, 3.05) is 31.6 Å². The number of aromatic nitrogens is 3. The SMILES string of the molecule is CCCc1nc(CN2CCOC(CNc3cccnn3)C2)cs1. The minimum absolute atomic E-state index is 0.166. The van der Waals surface area contributed by atoms with Crippen LogP contribution in [-0.4, -0.2) is 52.4 Å². The first-order valence-corrected chi connectivity index (χ1v) is 9.00. The maximum Gasteiger partial charge on any atom is 0.148 e. The zero-order valence-corrected chi connectivity index (χ0v) is 14.3. The smallest absolute Gasteiger partial charge is 0.148 e. The van der Waals surface area contributed by atoms with Crippen LogP contribution in [0.2, 0.25) is 0 Å². The Bertz CT molecular complexity index is 591. The van der Waals surface area contributed by atoms with Gasteiger partial charge in [-0.3, -0.25) is 4.90 Å². The van der Waals surface area contributed by atoms with Crippen molar-refractivity contribution in [2.24, 2.45) is 0 Å². The highest BCUT2D eigenvalue weighted by Crippen LogP contribution is 2.15. The molecule has 2 aromatic rings. The molecular weight excluding hydrogens is 310 g/mol. The third-order valence-corrected chi connectivity index (χ3v) is 4.71. The molecule has 1 N–H and O–H groups in total. The summed E-state index contributed by atoms with van der Waals surface area (Å²) in [6, 6.07) is 3.79. The van der Waals surface area contributed by atoms with E-state index in [-0.39, 0.29) is 6.10 Å². The molecule has 3 rings (SSSR count). The largest absolute Gasteiger partial charge is 0.374 e. The molecule has 2 aromatic heterocycles. The van der Waals surface area contributed by atoms with Gasteiger partial charge in [0.2, 0.25) is 0 Å². The highest BCUT2D eigenvalue weighted by molar-refractivity contribution is 7.09. The predicted octanol–water partition coefficient (Wildman–Crippen LogP) is 2.20. The Morgan fingerprint density at radius 2 is 2.43 bits per heavy atom. The Kier molecular flexibility index (Phi) is 5.90. The number of aryl methyl sites for hydroxylation is 1. The highest BCUT2D eigenvalue weighted by atomic mass is 32.1. The van der Waals surface area contributed by atoms with E-state index < -0.39 is 0 Å². The van der Waals surface area contributed by atoms with Gasteiger partial charge >= 0.3 is 0 Å². The maximum absolute atomic E-state index is 5.84. The lowest BCUT2D eigenvalue weighted by Gasteiger charge is -2.32. The third-order valence-electron chi connectivity index (χ3n) is 3.75. The summed E-state index contributed by atoms with van der Waals surface area (Å²) in [7, 11) is 0. The number of hydrogen-bond acceptors (Lipinski definition) is 7. The van der Waals surface area contributed by atoms with Gasteiger partial charge in [-0.15, -0.1) is 16.4 Å². The van der Waals surface area contributed by atoms with Crippen LogP contribution < -0.4 is 5.32 Å². The summed E-state index contributed by atoms with van der Waals surface area (Å²) in [6.45, 7) is 6.48. The lowest BCUT2D eigenvalue weighted by Crippen LogP contribution is -2.44. The fraction of sp³-hybridized carbons (Fsp3) is 0.562. The van der Waals surface area contributed by atoms with Gasteiger partial charge in [0, 0.05) is 37.8 Å². The fourth-order valence-corrected chi connectivity index (χ4v) is 3.53. The summed E-state index contributed by atoms with van der Waals surface area (Å²) in [5.41, 5.74) is 1.18. The van der Waals surface area contributed by atoms with Gasteiger partial charge in [0.05, 0.1) is 23.4 Å². The summed E-state index contributed by atoms with van der Waals surface area (Å²) in [6.07, 6.45) is 4.07. The number of nitrogens with one attached hydrogen (secondary N) is 1. The van der Waals surface area contributed by atoms with Crippen molar-refractivity contribution in [1.82, 2.24) is 20.1 Å². The Morgan fingerprint density at radius 3 is 3.26 bits per heavy atom. The van der Waals surface area contributed by atoms with Crippen LogP contribution in [-0.2, 0) is 17.7 Å². The molecule has 124 valence electrons. The second kappa shape index (κ2) is 8.33. The van der Waals surface area contributed by atoms with Crippen LogP contribution in [0.4, 0.5) is 5.82 Å². The average Bonchev–Trinajstić information content (AvgIpc) is 3.02. The predicted molar refractivity (Wildman–Crippen MR) is 91.6 cm³/mol. The summed E-state index contributed by atoms with van der Waals surface area (Å²) in [5, 5.41) is 14.6. The average molecular weight is 333 g/mol. The standard InChI is InChI=1S/C16H23N5OS/c1-2-4-16-19-13(12-23-16)10-21-7-8-22-14(11-21)9-17-15-5-3-6-18-20-15/h3,5-6,12,14H,2,4,7-11H2,1H3,(H,17,20). The van der Waals surface area contributed by atoms with Crippen molar-refractivity contribution in [3.63, 3.8) is 0 Å². The van der Waals surface area contributed by atoms with Crippen molar-refractivity contribution >= 4 is 17.2 Å². The van der Waals surface area contributed by atoms with Crippen LogP contribution >= 0.6 is 11.3 Å². The quantitative estimate of drug-likeness (QED) is 0.838. The lowest BCUT2D eigenvalue weighted by molar-refractivity contribution is -0.0244. The molecule has 1 fully saturated rings. The molecule has 1 unspecified atom stereocenters. The molecule has 0 bridgehead atoms. The molecule has 6 nitrogen and oxygen atoms in total. The molecule has 7 heteroatoms. The van der Waals surface area contributed by atoms with Crippen molar-refractivity contribution in [3.8, 4) is 0 Å². The molecule has 0 spiro atoms. The summed E-state index contributed by atoms with van der Waals surface area (Å²) < 4.78 is 5.84. The molecule has 0 radical (unpaired) electrons. The molecule has 23 heavy (non-hydrogen) atoms. The maximum atomic E-state index is 5.84. The van der Waals surface area contributed by atoms with E-state index in [0.29, 0.717) is 0 Å². The number of morpholine rings is 1. The second-order valence-electron chi connectivity index (χ2n) is 5.70. The molecule has 1 aliphatic rings. The number of rotatable bonds is 7. The fourth-order valence-electron chi connectivity index (χ4n) is 2.64. The van der Waals surface area contributed by atoms with Crippen LogP contribution in [0.1, 0.15) is 24.0 Å². The van der Waals surface area contributed by atoms with Crippen molar-refractivity contribution in [1.29, 1.82) is 0 Å². The lowest BCUT2D eigenvalue weighted by atomic mass is 10.2. The molecular formula is C16H23N5OS. The Labute approximate surface area is 140 Å². The number of nitrogens with zero attached hydrogens (tertiary/aromatic N) is 4. The van der Waals surface area contributed by atoms with Gasteiger partial charge in [-0.1, -0.05) is 6.92 Å². The Balaban J connectivity index is 1.47. The number of ether oxygens (including phenoxy) is 1. The molecule has 3 heterocycles. The first kappa shape index (κ1) is 16.3. The van der Waals surface area contributed by atoms with E-state index in [4.69, 9.17) is 9.72 Å². The zero-order valence-electron chi connectivity index (χ0n) is 13.4. The van der Waals surface area contributed by atoms with Gasteiger partial charge < -0.3 is 10.1 Å². The molecule has 1 aliphatic heterocycles. The van der Waals surface area contributed by atoms with Gasteiger partial charge in [-0.2, -0.15) is 5.10 Å². The molecule has 0 aliphatic carbocycles. The van der Waals surface area contributed by atoms with E-state index in [1.165, 1.54) is 10.7 Å². The molecule has 0 amide bonds. The third kappa shape index (κ3) is 4.95. The van der Waals surface area contributed by atoms with E-state index in [9.17, 15) is 0 Å². The molecule has 0 aromatic carbocycles. The van der Waals surface area contributed by atoms with E-state index >= 15 is 0 Å². The molecule has 1 atom stereocenters. The van der Waals surface area contributed by atoms with Crippen molar-refractivity contribution < 1.29 is 4.74 Å². The van der Waals surface area contributed by atoms with Gasteiger partial charge in [0.15, 0.2) is 0 Å². The zero-order chi connectivity index (χ0) is 15.9. The van der Waals surface area contributed by atoms with E-state index in [0.717, 1.165) is 51.4 Å². The number of anilines is 1. The van der Waals surface area contributed by atoms with E-state index in [2.05, 4.69) is 32.7 Å². The van der Waals surface area contributed by atoms with Gasteiger partial charge in [0.1, 0.15) is 5.82 Å². The summed E-state index contributed by atoms with van der Waals surface area (Å²) >= 11 is 1.77. The molecule has 0 saturated carbocycles. The van der Waals surface area contributed by atoms with Crippen molar-refractivity contribution in [3.05, 3.63) is 34.4 Å². The van der Waals surface area contributed by atoms with Gasteiger partial charge in [0.25, 0.3) is 0 Å². The normalized spacial score (nSPS) is 18.9. The molecule has 1 saturated heterocycles. The van der Waals surface area contributed by atoms with E-state index in [1.54, 1.807) is 17.5 Å². The van der Waals surface area contributed by atoms with Crippen LogP contribution in [0.25, 0.3) is 0 Å².